The normalized spacial score (nSPS) is 16.9. The lowest BCUT2D eigenvalue weighted by molar-refractivity contribution is -0.744. The van der Waals surface area contributed by atoms with Crippen molar-refractivity contribution >= 4 is 17.1 Å². The van der Waals surface area contributed by atoms with Crippen LogP contribution in [0.15, 0.2) is 92.1 Å². The van der Waals surface area contributed by atoms with E-state index in [9.17, 15) is 0 Å². The number of aromatic nitrogens is 2. The molecule has 1 aromatic heterocycles. The zero-order chi connectivity index (χ0) is 41.4. The van der Waals surface area contributed by atoms with E-state index in [-0.39, 0.29) is 7.43 Å². The minimum Gasteiger partial charge on any atom is -0.359 e. The molecule has 54 heavy (non-hydrogen) atoms. The third kappa shape index (κ3) is 13.2. The van der Waals surface area contributed by atoms with Gasteiger partial charge in [0.25, 0.3) is 0 Å². The maximum Gasteiger partial charge on any atom is 0.195 e. The van der Waals surface area contributed by atoms with Crippen LogP contribution in [0.3, 0.4) is 0 Å². The van der Waals surface area contributed by atoms with E-state index in [2.05, 4.69) is 194 Å². The van der Waals surface area contributed by atoms with E-state index >= 15 is 0 Å². The van der Waals surface area contributed by atoms with E-state index < -0.39 is 0 Å². The Bertz CT molecular complexity index is 1420. The number of benzene rings is 2. The highest BCUT2D eigenvalue weighted by molar-refractivity contribution is 5.70. The van der Waals surface area contributed by atoms with Crippen LogP contribution in [0.4, 0.5) is 17.1 Å². The lowest BCUT2D eigenvalue weighted by Crippen LogP contribution is -2.37. The first-order valence-corrected chi connectivity index (χ1v) is 20.4. The lowest BCUT2D eigenvalue weighted by atomic mass is 10.1. The monoisotopic (exact) mass is 750 g/mol. The fourth-order valence-electron chi connectivity index (χ4n) is 5.69. The first kappa shape index (κ1) is 54.0. The molecule has 6 rings (SSSR count). The second-order valence-electron chi connectivity index (χ2n) is 11.3. The average Bonchev–Trinajstić information content (AvgIpc) is 3.98. The van der Waals surface area contributed by atoms with E-state index in [0.29, 0.717) is 18.5 Å². The van der Waals surface area contributed by atoms with Crippen molar-refractivity contribution in [3.8, 4) is 5.69 Å². The molecule has 0 fully saturated rings. The third-order valence-electron chi connectivity index (χ3n) is 8.87. The second-order valence-corrected chi connectivity index (χ2v) is 11.3. The largest absolute Gasteiger partial charge is 0.359 e. The number of rotatable bonds is 4. The molecule has 0 bridgehead atoms. The zero-order valence-electron chi connectivity index (χ0n) is 38.0. The average molecular weight is 750 g/mol. The Morgan fingerprint density at radius 2 is 0.722 bits per heavy atom. The predicted octanol–water partition coefficient (Wildman–Crippen LogP) is 12.1. The predicted molar refractivity (Wildman–Crippen MR) is 244 cm³/mol. The van der Waals surface area contributed by atoms with Crippen LogP contribution in [0.25, 0.3) is 5.69 Å². The molecule has 0 spiro atoms. The first-order valence-electron chi connectivity index (χ1n) is 20.4. The highest BCUT2D eigenvalue weighted by Gasteiger charge is 2.26. The minimum absolute atomic E-state index is 0. The molecule has 0 unspecified atom stereocenters. The fourth-order valence-corrected chi connectivity index (χ4v) is 5.69. The van der Waals surface area contributed by atoms with Crippen molar-refractivity contribution in [1.82, 2.24) is 19.4 Å². The Kier molecular flexibility index (Phi) is 29.1. The van der Waals surface area contributed by atoms with Gasteiger partial charge in [-0.3, -0.25) is 0 Å². The number of anilines is 3. The molecule has 0 aliphatic carbocycles. The molecule has 0 saturated heterocycles. The van der Waals surface area contributed by atoms with Crippen LogP contribution in [-0.4, -0.2) is 59.0 Å². The molecule has 2 aromatic carbocycles. The molecule has 8 heteroatoms. The molecule has 308 valence electrons. The molecule has 0 N–H and O–H groups in total. The Morgan fingerprint density at radius 1 is 0.444 bits per heavy atom. The third-order valence-corrected chi connectivity index (χ3v) is 8.87. The summed E-state index contributed by atoms with van der Waals surface area (Å²) in [6, 6.07) is 15.1. The molecular formula is C46H85N8+. The molecule has 3 atom stereocenters. The molecular weight excluding hydrogens is 665 g/mol. The molecule has 3 aliphatic rings. The standard InChI is InChI=1S/C17H24N4.C16H21N4.6C2H6.CH4/c1-13-16(20-11-9-18(4)14(20)2)7-6-8-17(13)21-12-10-19(5)15(21)3;1-13-15(19-12-11-17(3)14(19)2)7-5-8-16(13)20-10-6-9-18(20)4;6*1-2;/h6-12,14-15H,1-5H3;5-12,14H,1-4H3;6*1-2H3;1H4/q;+1;;;;;;;/t14-,15+;14-;;;;;;;/m.1......./s1. The van der Waals surface area contributed by atoms with Crippen LogP contribution in [0.1, 0.15) is 122 Å². The summed E-state index contributed by atoms with van der Waals surface area (Å²) in [6.07, 6.45) is 18.0. The van der Waals surface area contributed by atoms with Crippen molar-refractivity contribution in [2.75, 3.05) is 35.8 Å². The summed E-state index contributed by atoms with van der Waals surface area (Å²) in [7, 11) is 8.38. The SMILES string of the molecule is C.CC.CC.CC.CC.CC.CC.Cc1c(N2C=CN(C)[C@H]2C)cccc1-n1ccc[n+]1C.Cc1c(N2C=CN(C)[C@H]2C)cccc1N1C=CN(C)[C@@H]1C. The summed E-state index contributed by atoms with van der Waals surface area (Å²) in [5.41, 5.74) is 7.61. The van der Waals surface area contributed by atoms with E-state index in [1.165, 1.54) is 33.9 Å². The Morgan fingerprint density at radius 3 is 0.963 bits per heavy atom. The molecule has 0 radical (unpaired) electrons. The van der Waals surface area contributed by atoms with Crippen LogP contribution < -0.4 is 19.4 Å². The van der Waals surface area contributed by atoms with Gasteiger partial charge in [-0.2, -0.15) is 0 Å². The van der Waals surface area contributed by atoms with Crippen molar-refractivity contribution < 1.29 is 4.68 Å². The highest BCUT2D eigenvalue weighted by atomic mass is 15.4. The van der Waals surface area contributed by atoms with Crippen LogP contribution in [0, 0.1) is 13.8 Å². The quantitative estimate of drug-likeness (QED) is 0.247. The fraction of sp³-hybridized carbons (Fsp3) is 0.543. The van der Waals surface area contributed by atoms with Gasteiger partial charge in [-0.15, -0.1) is 9.36 Å². The molecule has 3 aromatic rings. The van der Waals surface area contributed by atoms with Crippen molar-refractivity contribution in [2.24, 2.45) is 7.05 Å². The van der Waals surface area contributed by atoms with Crippen LogP contribution in [-0.2, 0) is 7.05 Å². The smallest absolute Gasteiger partial charge is 0.195 e. The van der Waals surface area contributed by atoms with Gasteiger partial charge in [-0.05, 0) is 64.4 Å². The van der Waals surface area contributed by atoms with Crippen LogP contribution in [0.2, 0.25) is 0 Å². The van der Waals surface area contributed by atoms with Gasteiger partial charge in [0.15, 0.2) is 13.2 Å². The van der Waals surface area contributed by atoms with Gasteiger partial charge in [0.2, 0.25) is 0 Å². The molecule has 4 heterocycles. The van der Waals surface area contributed by atoms with Crippen LogP contribution in [0.5, 0.6) is 0 Å². The summed E-state index contributed by atoms with van der Waals surface area (Å²) >= 11 is 0. The van der Waals surface area contributed by atoms with E-state index in [1.54, 1.807) is 0 Å². The van der Waals surface area contributed by atoms with Crippen molar-refractivity contribution in [3.05, 3.63) is 103 Å². The van der Waals surface area contributed by atoms with Gasteiger partial charge in [0, 0.05) is 87.0 Å². The van der Waals surface area contributed by atoms with Gasteiger partial charge >= 0.3 is 0 Å². The maximum absolute atomic E-state index is 2.33. The minimum atomic E-state index is 0. The summed E-state index contributed by atoms with van der Waals surface area (Å²) in [6.45, 7) is 35.0. The summed E-state index contributed by atoms with van der Waals surface area (Å²) < 4.78 is 4.24. The summed E-state index contributed by atoms with van der Waals surface area (Å²) in [4.78, 5) is 13.6. The van der Waals surface area contributed by atoms with Crippen molar-refractivity contribution in [1.29, 1.82) is 0 Å². The van der Waals surface area contributed by atoms with E-state index in [1.807, 2.05) is 83.1 Å². The van der Waals surface area contributed by atoms with Gasteiger partial charge in [0.05, 0.1) is 6.20 Å². The number of aryl methyl sites for hydroxylation is 1. The number of hydrogen-bond donors (Lipinski definition) is 0. The van der Waals surface area contributed by atoms with Gasteiger partial charge < -0.3 is 29.4 Å². The van der Waals surface area contributed by atoms with Crippen molar-refractivity contribution in [3.63, 3.8) is 0 Å². The highest BCUT2D eigenvalue weighted by Crippen LogP contribution is 2.35. The second kappa shape index (κ2) is 29.1. The topological polar surface area (TPSA) is 28.3 Å². The lowest BCUT2D eigenvalue weighted by Gasteiger charge is -2.32. The number of hydrogen-bond acceptors (Lipinski definition) is 6. The van der Waals surface area contributed by atoms with Gasteiger partial charge in [-0.1, -0.05) is 103 Å². The Balaban J connectivity index is -0.000000744. The van der Waals surface area contributed by atoms with Gasteiger partial charge in [0.1, 0.15) is 24.2 Å². The molecule has 0 saturated carbocycles. The Labute approximate surface area is 335 Å². The molecule has 3 aliphatic heterocycles. The van der Waals surface area contributed by atoms with Crippen LogP contribution >= 0.6 is 0 Å². The molecule has 0 amide bonds. The van der Waals surface area contributed by atoms with E-state index in [4.69, 9.17) is 0 Å². The van der Waals surface area contributed by atoms with Gasteiger partial charge in [-0.25, -0.2) is 0 Å². The van der Waals surface area contributed by atoms with E-state index in [0.717, 1.165) is 0 Å². The van der Waals surface area contributed by atoms with Crippen molar-refractivity contribution in [2.45, 2.75) is 144 Å². The summed E-state index contributed by atoms with van der Waals surface area (Å²) in [5.74, 6) is 0. The zero-order valence-corrected chi connectivity index (χ0v) is 38.0. The first-order chi connectivity index (χ1) is 25.6. The number of nitrogens with zero attached hydrogens (tertiary/aromatic N) is 8. The Hall–Kier alpha value is -4.33. The molecule has 8 nitrogen and oxygen atoms in total. The maximum atomic E-state index is 2.33. The summed E-state index contributed by atoms with van der Waals surface area (Å²) in [5, 5.41) is 0.